The van der Waals surface area contributed by atoms with Crippen LogP contribution in [0.4, 0.5) is 5.69 Å². The summed E-state index contributed by atoms with van der Waals surface area (Å²) in [5.74, 6) is 0. The zero-order valence-corrected chi connectivity index (χ0v) is 11.2. The lowest BCUT2D eigenvalue weighted by Crippen LogP contribution is -2.30. The first-order valence-electron chi connectivity index (χ1n) is 6.82. The first-order valence-corrected chi connectivity index (χ1v) is 6.82. The number of aryl methyl sites for hydroxylation is 1. The SMILES string of the molecule is Cc1ccccc1CN1CCC(O)c2ccccc21. The van der Waals surface area contributed by atoms with Crippen LogP contribution in [-0.2, 0) is 6.54 Å². The fourth-order valence-corrected chi connectivity index (χ4v) is 2.77. The summed E-state index contributed by atoms with van der Waals surface area (Å²) >= 11 is 0. The molecule has 98 valence electrons. The molecule has 0 saturated carbocycles. The fourth-order valence-electron chi connectivity index (χ4n) is 2.77. The highest BCUT2D eigenvalue weighted by Crippen LogP contribution is 2.34. The average molecular weight is 253 g/mol. The molecule has 0 aliphatic carbocycles. The fraction of sp³-hybridized carbons (Fsp3) is 0.294. The molecule has 2 nitrogen and oxygen atoms in total. The summed E-state index contributed by atoms with van der Waals surface area (Å²) in [5, 5.41) is 10.1. The van der Waals surface area contributed by atoms with Gasteiger partial charge in [-0.1, -0.05) is 42.5 Å². The molecule has 1 aliphatic heterocycles. The lowest BCUT2D eigenvalue weighted by Gasteiger charge is -2.34. The third-order valence-electron chi connectivity index (χ3n) is 3.93. The smallest absolute Gasteiger partial charge is 0.0826 e. The summed E-state index contributed by atoms with van der Waals surface area (Å²) < 4.78 is 0. The number of nitrogens with zero attached hydrogens (tertiary/aromatic N) is 1. The van der Waals surface area contributed by atoms with Crippen molar-refractivity contribution in [2.45, 2.75) is 26.0 Å². The average Bonchev–Trinajstić information content (AvgIpc) is 2.44. The summed E-state index contributed by atoms with van der Waals surface area (Å²) in [5.41, 5.74) is 4.91. The zero-order chi connectivity index (χ0) is 13.2. The second-order valence-electron chi connectivity index (χ2n) is 5.21. The van der Waals surface area contributed by atoms with E-state index in [0.29, 0.717) is 0 Å². The van der Waals surface area contributed by atoms with Crippen LogP contribution in [0.2, 0.25) is 0 Å². The van der Waals surface area contributed by atoms with Crippen LogP contribution in [0.1, 0.15) is 29.2 Å². The Labute approximate surface area is 114 Å². The van der Waals surface area contributed by atoms with Gasteiger partial charge in [0.1, 0.15) is 0 Å². The van der Waals surface area contributed by atoms with Crippen molar-refractivity contribution in [3.8, 4) is 0 Å². The van der Waals surface area contributed by atoms with Gasteiger partial charge in [-0.05, 0) is 30.5 Å². The molecule has 19 heavy (non-hydrogen) atoms. The van der Waals surface area contributed by atoms with Crippen LogP contribution < -0.4 is 4.90 Å². The van der Waals surface area contributed by atoms with Gasteiger partial charge in [0.25, 0.3) is 0 Å². The summed E-state index contributed by atoms with van der Waals surface area (Å²) in [7, 11) is 0. The van der Waals surface area contributed by atoms with E-state index in [1.165, 1.54) is 16.8 Å². The van der Waals surface area contributed by atoms with E-state index in [-0.39, 0.29) is 6.10 Å². The molecule has 1 unspecified atom stereocenters. The van der Waals surface area contributed by atoms with Gasteiger partial charge in [-0.3, -0.25) is 0 Å². The molecule has 2 aromatic carbocycles. The number of rotatable bonds is 2. The largest absolute Gasteiger partial charge is 0.388 e. The number of aliphatic hydroxyl groups is 1. The molecular weight excluding hydrogens is 234 g/mol. The third-order valence-corrected chi connectivity index (χ3v) is 3.93. The molecule has 3 rings (SSSR count). The minimum Gasteiger partial charge on any atom is -0.388 e. The molecule has 0 saturated heterocycles. The van der Waals surface area contributed by atoms with Gasteiger partial charge in [-0.15, -0.1) is 0 Å². The Kier molecular flexibility index (Phi) is 3.26. The molecule has 1 aliphatic rings. The Balaban J connectivity index is 1.91. The number of hydrogen-bond acceptors (Lipinski definition) is 2. The van der Waals surface area contributed by atoms with Crippen molar-refractivity contribution in [1.82, 2.24) is 0 Å². The van der Waals surface area contributed by atoms with Crippen molar-refractivity contribution in [3.05, 3.63) is 65.2 Å². The maximum atomic E-state index is 10.1. The summed E-state index contributed by atoms with van der Waals surface area (Å²) in [4.78, 5) is 2.37. The molecule has 0 radical (unpaired) electrons. The Hall–Kier alpha value is -1.80. The minimum absolute atomic E-state index is 0.315. The van der Waals surface area contributed by atoms with Crippen molar-refractivity contribution >= 4 is 5.69 Å². The van der Waals surface area contributed by atoms with Gasteiger partial charge in [-0.25, -0.2) is 0 Å². The van der Waals surface area contributed by atoms with Gasteiger partial charge in [0, 0.05) is 24.3 Å². The molecule has 2 heteroatoms. The van der Waals surface area contributed by atoms with Crippen LogP contribution in [0.5, 0.6) is 0 Å². The number of aliphatic hydroxyl groups excluding tert-OH is 1. The van der Waals surface area contributed by atoms with Crippen molar-refractivity contribution < 1.29 is 5.11 Å². The Morgan fingerprint density at radius 2 is 1.84 bits per heavy atom. The van der Waals surface area contributed by atoms with E-state index in [4.69, 9.17) is 0 Å². The van der Waals surface area contributed by atoms with Gasteiger partial charge in [0.15, 0.2) is 0 Å². The number of para-hydroxylation sites is 1. The topological polar surface area (TPSA) is 23.5 Å². The van der Waals surface area contributed by atoms with Crippen molar-refractivity contribution in [3.63, 3.8) is 0 Å². The van der Waals surface area contributed by atoms with Crippen LogP contribution >= 0.6 is 0 Å². The second kappa shape index (κ2) is 5.06. The van der Waals surface area contributed by atoms with Crippen LogP contribution in [0, 0.1) is 6.92 Å². The van der Waals surface area contributed by atoms with Gasteiger partial charge in [0.05, 0.1) is 6.10 Å². The quantitative estimate of drug-likeness (QED) is 0.886. The van der Waals surface area contributed by atoms with Gasteiger partial charge in [-0.2, -0.15) is 0 Å². The summed E-state index contributed by atoms with van der Waals surface area (Å²) in [6, 6.07) is 16.7. The Morgan fingerprint density at radius 1 is 1.11 bits per heavy atom. The predicted octanol–water partition coefficient (Wildman–Crippen LogP) is 3.44. The summed E-state index contributed by atoms with van der Waals surface area (Å²) in [6.07, 6.45) is 0.493. The van der Waals surface area contributed by atoms with Crippen molar-refractivity contribution in [2.75, 3.05) is 11.4 Å². The lowest BCUT2D eigenvalue weighted by molar-refractivity contribution is 0.164. The Bertz CT molecular complexity index is 579. The van der Waals surface area contributed by atoms with Gasteiger partial charge in [0.2, 0.25) is 0 Å². The highest BCUT2D eigenvalue weighted by atomic mass is 16.3. The number of anilines is 1. The van der Waals surface area contributed by atoms with E-state index in [1.54, 1.807) is 0 Å². The van der Waals surface area contributed by atoms with Crippen LogP contribution in [0.25, 0.3) is 0 Å². The maximum Gasteiger partial charge on any atom is 0.0826 e. The van der Waals surface area contributed by atoms with E-state index < -0.39 is 0 Å². The van der Waals surface area contributed by atoms with Crippen LogP contribution in [-0.4, -0.2) is 11.7 Å². The first-order chi connectivity index (χ1) is 9.25. The highest BCUT2D eigenvalue weighted by Gasteiger charge is 2.23. The maximum absolute atomic E-state index is 10.1. The monoisotopic (exact) mass is 253 g/mol. The number of benzene rings is 2. The highest BCUT2D eigenvalue weighted by molar-refractivity contribution is 5.57. The first kappa shape index (κ1) is 12.2. The van der Waals surface area contributed by atoms with E-state index in [0.717, 1.165) is 25.1 Å². The standard InChI is InChI=1S/C17H19NO/c1-13-6-2-3-7-14(13)12-18-11-10-17(19)15-8-4-5-9-16(15)18/h2-9,17,19H,10-12H2,1H3. The van der Waals surface area contributed by atoms with E-state index in [9.17, 15) is 5.11 Å². The molecule has 0 spiro atoms. The van der Waals surface area contributed by atoms with Crippen LogP contribution in [0.15, 0.2) is 48.5 Å². The molecule has 2 aromatic rings. The predicted molar refractivity (Wildman–Crippen MR) is 78.2 cm³/mol. The third kappa shape index (κ3) is 2.36. The Morgan fingerprint density at radius 3 is 2.68 bits per heavy atom. The molecule has 1 N–H and O–H groups in total. The molecule has 1 heterocycles. The molecular formula is C17H19NO. The second-order valence-corrected chi connectivity index (χ2v) is 5.21. The number of fused-ring (bicyclic) bond motifs is 1. The van der Waals surface area contributed by atoms with Crippen molar-refractivity contribution in [1.29, 1.82) is 0 Å². The minimum atomic E-state index is -0.315. The lowest BCUT2D eigenvalue weighted by atomic mass is 9.98. The summed E-state index contributed by atoms with van der Waals surface area (Å²) in [6.45, 7) is 3.98. The molecule has 0 amide bonds. The van der Waals surface area contributed by atoms with Gasteiger partial charge >= 0.3 is 0 Å². The van der Waals surface area contributed by atoms with E-state index in [1.807, 2.05) is 18.2 Å². The molecule has 0 bridgehead atoms. The van der Waals surface area contributed by atoms with E-state index in [2.05, 4.69) is 42.2 Å². The molecule has 0 aromatic heterocycles. The molecule has 0 fully saturated rings. The molecule has 1 atom stereocenters. The van der Waals surface area contributed by atoms with E-state index >= 15 is 0 Å². The van der Waals surface area contributed by atoms with Gasteiger partial charge < -0.3 is 10.0 Å². The number of hydrogen-bond donors (Lipinski definition) is 1. The zero-order valence-electron chi connectivity index (χ0n) is 11.2. The van der Waals surface area contributed by atoms with Crippen LogP contribution in [0.3, 0.4) is 0 Å². The van der Waals surface area contributed by atoms with Crippen molar-refractivity contribution in [2.24, 2.45) is 0 Å². The normalized spacial score (nSPS) is 18.2.